The number of rotatable bonds is 8. The van der Waals surface area contributed by atoms with Crippen molar-refractivity contribution in [2.75, 3.05) is 44.0 Å². The molecule has 34 heavy (non-hydrogen) atoms. The first-order valence-corrected chi connectivity index (χ1v) is 14.3. The van der Waals surface area contributed by atoms with Gasteiger partial charge < -0.3 is 15.0 Å². The topological polar surface area (TPSA) is 70.7 Å². The fraction of sp³-hybridized carbons (Fsp3) is 0.652. The number of nitrogens with zero attached hydrogens (tertiary/aromatic N) is 1. The molecule has 3 aliphatic heterocycles. The van der Waals surface area contributed by atoms with Gasteiger partial charge in [0.1, 0.15) is 0 Å². The Bertz CT molecular complexity index is 1000. The molecule has 1 aromatic rings. The summed E-state index contributed by atoms with van der Waals surface area (Å²) in [5, 5.41) is 5.56. The molecular weight excluding hydrogens is 487 g/mol. The molecule has 0 bridgehead atoms. The van der Waals surface area contributed by atoms with E-state index in [-0.39, 0.29) is 36.3 Å². The molecular formula is C23H32F3N3O3S2. The van der Waals surface area contributed by atoms with Gasteiger partial charge in [-0.1, -0.05) is 6.08 Å². The molecule has 2 N–H and O–H groups in total. The average molecular weight is 520 g/mol. The number of sulfonamides is 1. The predicted octanol–water partition coefficient (Wildman–Crippen LogP) is 4.08. The van der Waals surface area contributed by atoms with Gasteiger partial charge in [0, 0.05) is 41.4 Å². The molecule has 6 nitrogen and oxygen atoms in total. The molecule has 190 valence electrons. The van der Waals surface area contributed by atoms with E-state index in [0.29, 0.717) is 30.6 Å². The van der Waals surface area contributed by atoms with Crippen LogP contribution in [0.3, 0.4) is 0 Å². The van der Waals surface area contributed by atoms with Crippen molar-refractivity contribution in [2.45, 2.75) is 43.7 Å². The van der Waals surface area contributed by atoms with Crippen molar-refractivity contribution in [3.8, 4) is 0 Å². The van der Waals surface area contributed by atoms with Crippen LogP contribution in [-0.4, -0.2) is 64.2 Å². The van der Waals surface area contributed by atoms with Crippen LogP contribution < -0.4 is 10.0 Å². The third-order valence-electron chi connectivity index (χ3n) is 6.74. The van der Waals surface area contributed by atoms with E-state index in [1.54, 1.807) is 11.8 Å². The largest absolute Gasteiger partial charge is 0.416 e. The SMILES string of the molecule is CN(C)CCCS(=O)(=O)NC[C@H]1CC[C@@H]2[C@H](O1)c1cc(C(F)(F)F)ccc1N[C@H]2C1C=CSC1. The summed E-state index contributed by atoms with van der Waals surface area (Å²) in [6.45, 7) is 0.796. The van der Waals surface area contributed by atoms with Crippen molar-refractivity contribution < 1.29 is 26.3 Å². The minimum Gasteiger partial charge on any atom is -0.381 e. The Hall–Kier alpha value is -1.27. The molecule has 4 rings (SSSR count). The van der Waals surface area contributed by atoms with E-state index in [1.807, 2.05) is 19.0 Å². The fourth-order valence-electron chi connectivity index (χ4n) is 5.01. The van der Waals surface area contributed by atoms with Gasteiger partial charge in [-0.2, -0.15) is 13.2 Å². The van der Waals surface area contributed by atoms with Crippen LogP contribution in [0.25, 0.3) is 0 Å². The standard InChI is InChI=1S/C23H32F3N3O3S2/c1-29(2)9-3-11-34(30,31)27-13-17-5-6-18-21(15-8-10-33-14-15)28-20-7-4-16(23(24,25)26)12-19(20)22(18)32-17/h4,7-8,10,12,15,17-18,21-22,27-28H,3,5-6,9,11,13-14H2,1-2H3/t15?,17-,18+,21+,22+/m1/s1. The van der Waals surface area contributed by atoms with Crippen molar-refractivity contribution in [1.82, 2.24) is 9.62 Å². The predicted molar refractivity (Wildman–Crippen MR) is 129 cm³/mol. The maximum absolute atomic E-state index is 13.4. The number of fused-ring (bicyclic) bond motifs is 3. The molecule has 0 aliphatic carbocycles. The van der Waals surface area contributed by atoms with E-state index in [1.165, 1.54) is 12.1 Å². The normalized spacial score (nSPS) is 29.1. The van der Waals surface area contributed by atoms with Gasteiger partial charge in [0.15, 0.2) is 0 Å². The Balaban J connectivity index is 1.50. The molecule has 3 heterocycles. The lowest BCUT2D eigenvalue weighted by molar-refractivity contribution is -0.138. The van der Waals surface area contributed by atoms with Gasteiger partial charge in [0.25, 0.3) is 0 Å². The number of anilines is 1. The van der Waals surface area contributed by atoms with Gasteiger partial charge in [-0.3, -0.25) is 0 Å². The molecule has 1 aromatic carbocycles. The van der Waals surface area contributed by atoms with Crippen molar-refractivity contribution in [3.05, 3.63) is 40.8 Å². The first-order chi connectivity index (χ1) is 16.0. The summed E-state index contributed by atoms with van der Waals surface area (Å²) < 4.78 is 74.1. The van der Waals surface area contributed by atoms with Crippen LogP contribution in [0.2, 0.25) is 0 Å². The summed E-state index contributed by atoms with van der Waals surface area (Å²) in [5.41, 5.74) is 0.465. The van der Waals surface area contributed by atoms with Crippen LogP contribution in [0.1, 0.15) is 36.5 Å². The van der Waals surface area contributed by atoms with Crippen molar-refractivity contribution in [3.63, 3.8) is 0 Å². The second-order valence-corrected chi connectivity index (χ2v) is 12.4. The smallest absolute Gasteiger partial charge is 0.381 e. The molecule has 3 aliphatic rings. The first-order valence-electron chi connectivity index (χ1n) is 11.6. The lowest BCUT2D eigenvalue weighted by Gasteiger charge is -2.47. The highest BCUT2D eigenvalue weighted by atomic mass is 32.2. The van der Waals surface area contributed by atoms with Gasteiger partial charge in [-0.25, -0.2) is 13.1 Å². The zero-order chi connectivity index (χ0) is 24.5. The third-order valence-corrected chi connectivity index (χ3v) is 9.10. The molecule has 0 radical (unpaired) electrons. The van der Waals surface area contributed by atoms with Crippen LogP contribution >= 0.6 is 11.8 Å². The molecule has 1 saturated heterocycles. The Labute approximate surface area is 203 Å². The van der Waals surface area contributed by atoms with Gasteiger partial charge >= 0.3 is 6.18 Å². The summed E-state index contributed by atoms with van der Waals surface area (Å²) in [4.78, 5) is 1.93. The summed E-state index contributed by atoms with van der Waals surface area (Å²) in [7, 11) is 0.333. The summed E-state index contributed by atoms with van der Waals surface area (Å²) >= 11 is 1.73. The minimum atomic E-state index is -4.44. The van der Waals surface area contributed by atoms with Crippen LogP contribution in [0, 0.1) is 11.8 Å². The number of alkyl halides is 3. The van der Waals surface area contributed by atoms with Crippen LogP contribution in [0.15, 0.2) is 29.7 Å². The van der Waals surface area contributed by atoms with Crippen molar-refractivity contribution in [1.29, 1.82) is 0 Å². The molecule has 5 atom stereocenters. The number of hydrogen-bond donors (Lipinski definition) is 2. The molecule has 1 fully saturated rings. The number of halogens is 3. The third kappa shape index (κ3) is 6.10. The molecule has 1 unspecified atom stereocenters. The van der Waals surface area contributed by atoms with Crippen molar-refractivity contribution in [2.24, 2.45) is 11.8 Å². The summed E-state index contributed by atoms with van der Waals surface area (Å²) in [6, 6.07) is 3.84. The number of nitrogens with one attached hydrogen (secondary N) is 2. The number of ether oxygens (including phenoxy) is 1. The monoisotopic (exact) mass is 519 g/mol. The number of thioether (sulfide) groups is 1. The van der Waals surface area contributed by atoms with Gasteiger partial charge in [0.05, 0.1) is 23.5 Å². The summed E-state index contributed by atoms with van der Waals surface area (Å²) in [6.07, 6.45) is -1.27. The van der Waals surface area contributed by atoms with Gasteiger partial charge in [-0.15, -0.1) is 11.8 Å². The molecule has 0 amide bonds. The molecule has 11 heteroatoms. The molecule has 0 saturated carbocycles. The average Bonchev–Trinajstić information content (AvgIpc) is 3.30. The van der Waals surface area contributed by atoms with Crippen LogP contribution in [0.5, 0.6) is 0 Å². The van der Waals surface area contributed by atoms with E-state index >= 15 is 0 Å². The van der Waals surface area contributed by atoms with Crippen LogP contribution in [0.4, 0.5) is 18.9 Å². The zero-order valence-electron chi connectivity index (χ0n) is 19.3. The van der Waals surface area contributed by atoms with E-state index in [4.69, 9.17) is 4.74 Å². The summed E-state index contributed by atoms with van der Waals surface area (Å²) in [5.74, 6) is 1.23. The highest BCUT2D eigenvalue weighted by Crippen LogP contribution is 2.49. The highest BCUT2D eigenvalue weighted by molar-refractivity contribution is 8.02. The Morgan fingerprint density at radius 3 is 2.74 bits per heavy atom. The lowest BCUT2D eigenvalue weighted by atomic mass is 9.74. The fourth-order valence-corrected chi connectivity index (χ4v) is 7.07. The Morgan fingerprint density at radius 2 is 2.06 bits per heavy atom. The van der Waals surface area contributed by atoms with Crippen LogP contribution in [-0.2, 0) is 20.9 Å². The van der Waals surface area contributed by atoms with E-state index in [2.05, 4.69) is 21.5 Å². The maximum Gasteiger partial charge on any atom is 0.416 e. The molecule has 0 aromatic heterocycles. The van der Waals surface area contributed by atoms with Crippen molar-refractivity contribution >= 4 is 27.5 Å². The molecule has 0 spiro atoms. The Morgan fingerprint density at radius 1 is 1.26 bits per heavy atom. The maximum atomic E-state index is 13.4. The lowest BCUT2D eigenvalue weighted by Crippen LogP contribution is -2.48. The Kier molecular flexibility index (Phi) is 7.88. The van der Waals surface area contributed by atoms with E-state index < -0.39 is 27.9 Å². The minimum absolute atomic E-state index is 0.0114. The first kappa shape index (κ1) is 25.8. The highest BCUT2D eigenvalue weighted by Gasteiger charge is 2.45. The number of benzene rings is 1. The number of hydrogen-bond acceptors (Lipinski definition) is 6. The van der Waals surface area contributed by atoms with E-state index in [9.17, 15) is 21.6 Å². The second-order valence-electron chi connectivity index (χ2n) is 9.54. The quantitative estimate of drug-likeness (QED) is 0.539. The second kappa shape index (κ2) is 10.4. The van der Waals surface area contributed by atoms with Gasteiger partial charge in [0.2, 0.25) is 10.0 Å². The van der Waals surface area contributed by atoms with Gasteiger partial charge in [-0.05, 0) is 63.5 Å². The zero-order valence-corrected chi connectivity index (χ0v) is 21.0. The van der Waals surface area contributed by atoms with E-state index in [0.717, 1.165) is 18.2 Å².